The second-order valence-corrected chi connectivity index (χ2v) is 6.80. The van der Waals surface area contributed by atoms with Gasteiger partial charge in [0.15, 0.2) is 0 Å². The monoisotopic (exact) mass is 375 g/mol. The minimum absolute atomic E-state index is 0.0519. The van der Waals surface area contributed by atoms with Crippen molar-refractivity contribution in [2.45, 2.75) is 32.5 Å². The average molecular weight is 375 g/mol. The van der Waals surface area contributed by atoms with Crippen LogP contribution in [0.2, 0.25) is 0 Å². The van der Waals surface area contributed by atoms with E-state index in [-0.39, 0.29) is 24.3 Å². The van der Waals surface area contributed by atoms with Gasteiger partial charge in [0.05, 0.1) is 29.1 Å². The largest absolute Gasteiger partial charge is 0.416 e. The van der Waals surface area contributed by atoms with E-state index >= 15 is 0 Å². The molecule has 3 rings (SSSR count). The van der Waals surface area contributed by atoms with Crippen LogP contribution in [0.15, 0.2) is 48.5 Å². The maximum Gasteiger partial charge on any atom is 0.416 e. The van der Waals surface area contributed by atoms with E-state index in [1.54, 1.807) is 0 Å². The standard InChI is InChI=1S/C20H20F3N3O/c1-12(2)18(19-24-15-8-3-4-9-16(15)25-19)26-17(27)11-13-6-5-7-14(10-13)20(21,22)23/h3-10,12,18H,11H2,1-2H3,(H,24,25)(H,26,27). The predicted molar refractivity (Wildman–Crippen MR) is 97.0 cm³/mol. The summed E-state index contributed by atoms with van der Waals surface area (Å²) in [5.41, 5.74) is 1.22. The van der Waals surface area contributed by atoms with Crippen molar-refractivity contribution >= 4 is 16.9 Å². The molecule has 27 heavy (non-hydrogen) atoms. The van der Waals surface area contributed by atoms with Gasteiger partial charge in [0, 0.05) is 0 Å². The van der Waals surface area contributed by atoms with Gasteiger partial charge in [0.1, 0.15) is 5.82 Å². The van der Waals surface area contributed by atoms with Crippen LogP contribution in [0.25, 0.3) is 11.0 Å². The molecule has 0 radical (unpaired) electrons. The Kier molecular flexibility index (Phi) is 5.21. The molecular weight excluding hydrogens is 355 g/mol. The first-order chi connectivity index (χ1) is 12.7. The molecule has 2 N–H and O–H groups in total. The molecular formula is C20H20F3N3O. The van der Waals surface area contributed by atoms with Gasteiger partial charge in [0.2, 0.25) is 5.91 Å². The molecule has 0 bridgehead atoms. The fourth-order valence-corrected chi connectivity index (χ4v) is 2.94. The number of fused-ring (bicyclic) bond motifs is 1. The van der Waals surface area contributed by atoms with Gasteiger partial charge in [-0.2, -0.15) is 13.2 Å². The van der Waals surface area contributed by atoms with E-state index in [1.165, 1.54) is 12.1 Å². The second-order valence-electron chi connectivity index (χ2n) is 6.80. The van der Waals surface area contributed by atoms with Crippen LogP contribution in [0, 0.1) is 5.92 Å². The summed E-state index contributed by atoms with van der Waals surface area (Å²) in [6.07, 6.45) is -4.56. The SMILES string of the molecule is CC(C)C(NC(=O)Cc1cccc(C(F)(F)F)c1)c1nc2ccccc2[nH]1. The van der Waals surface area contributed by atoms with Crippen LogP contribution in [0.3, 0.4) is 0 Å². The quantitative estimate of drug-likeness (QED) is 0.683. The average Bonchev–Trinajstić information content (AvgIpc) is 3.02. The molecule has 1 heterocycles. The Morgan fingerprint density at radius 1 is 1.15 bits per heavy atom. The molecule has 4 nitrogen and oxygen atoms in total. The number of H-pyrrole nitrogens is 1. The van der Waals surface area contributed by atoms with Crippen molar-refractivity contribution in [2.24, 2.45) is 5.92 Å². The highest BCUT2D eigenvalue weighted by atomic mass is 19.4. The maximum atomic E-state index is 12.8. The summed E-state index contributed by atoms with van der Waals surface area (Å²) in [5.74, 6) is 0.327. The number of para-hydroxylation sites is 2. The third kappa shape index (κ3) is 4.48. The highest BCUT2D eigenvalue weighted by molar-refractivity contribution is 5.79. The number of nitrogens with one attached hydrogen (secondary N) is 2. The molecule has 1 aromatic heterocycles. The number of benzene rings is 2. The molecule has 0 aliphatic rings. The molecule has 1 atom stereocenters. The van der Waals surface area contributed by atoms with Crippen molar-refractivity contribution in [3.05, 3.63) is 65.5 Å². The van der Waals surface area contributed by atoms with E-state index in [4.69, 9.17) is 0 Å². The van der Waals surface area contributed by atoms with Gasteiger partial charge in [-0.3, -0.25) is 4.79 Å². The van der Waals surface area contributed by atoms with Gasteiger partial charge in [-0.1, -0.05) is 44.2 Å². The lowest BCUT2D eigenvalue weighted by Crippen LogP contribution is -2.33. The van der Waals surface area contributed by atoms with Gasteiger partial charge >= 0.3 is 6.18 Å². The molecule has 1 amide bonds. The van der Waals surface area contributed by atoms with Crippen molar-refractivity contribution in [1.29, 1.82) is 0 Å². The van der Waals surface area contributed by atoms with Gasteiger partial charge in [-0.25, -0.2) is 4.98 Å². The van der Waals surface area contributed by atoms with E-state index in [9.17, 15) is 18.0 Å². The zero-order valence-electron chi connectivity index (χ0n) is 15.0. The molecule has 3 aromatic rings. The highest BCUT2D eigenvalue weighted by Crippen LogP contribution is 2.29. The summed E-state index contributed by atoms with van der Waals surface area (Å²) in [7, 11) is 0. The van der Waals surface area contributed by atoms with Crippen LogP contribution in [-0.4, -0.2) is 15.9 Å². The number of carbonyl (C=O) groups is 1. The van der Waals surface area contributed by atoms with Crippen molar-refractivity contribution in [3.8, 4) is 0 Å². The fourth-order valence-electron chi connectivity index (χ4n) is 2.94. The predicted octanol–water partition coefficient (Wildman–Crippen LogP) is 4.64. The van der Waals surface area contributed by atoms with Crippen LogP contribution in [0.4, 0.5) is 13.2 Å². The topological polar surface area (TPSA) is 57.8 Å². The van der Waals surface area contributed by atoms with Crippen molar-refractivity contribution in [2.75, 3.05) is 0 Å². The first kappa shape index (κ1) is 18.9. The van der Waals surface area contributed by atoms with Gasteiger partial charge in [0.25, 0.3) is 0 Å². The smallest absolute Gasteiger partial charge is 0.346 e. The van der Waals surface area contributed by atoms with Crippen molar-refractivity contribution < 1.29 is 18.0 Å². The lowest BCUT2D eigenvalue weighted by atomic mass is 10.0. The first-order valence-electron chi connectivity index (χ1n) is 8.64. The van der Waals surface area contributed by atoms with Crippen LogP contribution >= 0.6 is 0 Å². The Bertz CT molecular complexity index is 914. The summed E-state index contributed by atoms with van der Waals surface area (Å²) < 4.78 is 38.5. The minimum atomic E-state index is -4.43. The molecule has 0 aliphatic heterocycles. The molecule has 2 aromatic carbocycles. The number of rotatable bonds is 5. The zero-order chi connectivity index (χ0) is 19.6. The first-order valence-corrected chi connectivity index (χ1v) is 8.64. The van der Waals surface area contributed by atoms with Crippen LogP contribution < -0.4 is 5.32 Å². The van der Waals surface area contributed by atoms with Crippen LogP contribution in [-0.2, 0) is 17.4 Å². The number of amides is 1. The Morgan fingerprint density at radius 3 is 2.56 bits per heavy atom. The summed E-state index contributed by atoms with van der Waals surface area (Å²) >= 11 is 0. The number of aromatic amines is 1. The summed E-state index contributed by atoms with van der Waals surface area (Å²) in [5, 5.41) is 2.89. The van der Waals surface area contributed by atoms with E-state index in [0.29, 0.717) is 11.4 Å². The lowest BCUT2D eigenvalue weighted by Gasteiger charge is -2.20. The number of nitrogens with zero attached hydrogens (tertiary/aromatic N) is 1. The Labute approximate surface area is 154 Å². The molecule has 7 heteroatoms. The third-order valence-corrected chi connectivity index (χ3v) is 4.30. The molecule has 142 valence electrons. The normalized spacial score (nSPS) is 13.1. The lowest BCUT2D eigenvalue weighted by molar-refractivity contribution is -0.137. The van der Waals surface area contributed by atoms with Gasteiger partial charge < -0.3 is 10.3 Å². The van der Waals surface area contributed by atoms with Crippen LogP contribution in [0.1, 0.15) is 36.8 Å². The number of carbonyl (C=O) groups excluding carboxylic acids is 1. The van der Waals surface area contributed by atoms with E-state index < -0.39 is 11.7 Å². The van der Waals surface area contributed by atoms with Gasteiger partial charge in [-0.05, 0) is 29.7 Å². The van der Waals surface area contributed by atoms with Gasteiger partial charge in [-0.15, -0.1) is 0 Å². The second kappa shape index (κ2) is 7.42. The Hall–Kier alpha value is -2.83. The number of imidazole rings is 1. The Morgan fingerprint density at radius 2 is 1.89 bits per heavy atom. The summed E-state index contributed by atoms with van der Waals surface area (Å²) in [6.45, 7) is 3.89. The number of alkyl halides is 3. The van der Waals surface area contributed by atoms with Crippen molar-refractivity contribution in [3.63, 3.8) is 0 Å². The molecule has 0 aliphatic carbocycles. The van der Waals surface area contributed by atoms with Crippen molar-refractivity contribution in [1.82, 2.24) is 15.3 Å². The molecule has 0 saturated heterocycles. The number of hydrogen-bond donors (Lipinski definition) is 2. The van der Waals surface area contributed by atoms with E-state index in [0.717, 1.165) is 23.2 Å². The summed E-state index contributed by atoms with van der Waals surface area (Å²) in [4.78, 5) is 20.2. The minimum Gasteiger partial charge on any atom is -0.346 e. The fraction of sp³-hybridized carbons (Fsp3) is 0.300. The molecule has 1 unspecified atom stereocenters. The molecule has 0 saturated carbocycles. The molecule has 0 spiro atoms. The highest BCUT2D eigenvalue weighted by Gasteiger charge is 2.30. The Balaban J connectivity index is 1.76. The molecule has 0 fully saturated rings. The third-order valence-electron chi connectivity index (χ3n) is 4.30. The van der Waals surface area contributed by atoms with Crippen LogP contribution in [0.5, 0.6) is 0 Å². The van der Waals surface area contributed by atoms with E-state index in [2.05, 4.69) is 15.3 Å². The summed E-state index contributed by atoms with van der Waals surface area (Å²) in [6, 6.07) is 12.0. The number of hydrogen-bond acceptors (Lipinski definition) is 2. The maximum absolute atomic E-state index is 12.8. The zero-order valence-corrected chi connectivity index (χ0v) is 15.0. The number of halogens is 3. The van der Waals surface area contributed by atoms with E-state index in [1.807, 2.05) is 38.1 Å². The number of aromatic nitrogens is 2.